The Morgan fingerprint density at radius 1 is 1.44 bits per heavy atom. The first-order valence-electron chi connectivity index (χ1n) is 5.79. The Morgan fingerprint density at radius 2 is 2.19 bits per heavy atom. The summed E-state index contributed by atoms with van der Waals surface area (Å²) in [6, 6.07) is 6.38. The molecule has 2 aromatic rings. The number of aryl methyl sites for hydroxylation is 2. The van der Waals surface area contributed by atoms with E-state index in [1.165, 1.54) is 11.1 Å². The van der Waals surface area contributed by atoms with Gasteiger partial charge in [0.2, 0.25) is 0 Å². The molecule has 0 atom stereocenters. The number of rotatable bonds is 2. The molecule has 1 aliphatic rings. The van der Waals surface area contributed by atoms with Crippen molar-refractivity contribution in [1.82, 2.24) is 9.55 Å². The highest BCUT2D eigenvalue weighted by Crippen LogP contribution is 2.37. The Balaban J connectivity index is 2.13. The van der Waals surface area contributed by atoms with Gasteiger partial charge in [-0.3, -0.25) is 0 Å². The largest absolute Gasteiger partial charge is 0.331 e. The number of aromatic nitrogens is 2. The quantitative estimate of drug-likeness (QED) is 0.831. The normalized spacial score (nSPS) is 17.9. The van der Waals surface area contributed by atoms with Gasteiger partial charge < -0.3 is 10.3 Å². The second-order valence-corrected chi connectivity index (χ2v) is 5.04. The van der Waals surface area contributed by atoms with Crippen LogP contribution in [0.4, 0.5) is 0 Å². The minimum Gasteiger partial charge on any atom is -0.331 e. The zero-order valence-electron chi connectivity index (χ0n) is 9.83. The number of nitrogens with two attached hydrogens (primary N) is 1. The lowest BCUT2D eigenvalue weighted by atomic mass is 10.0. The molecule has 1 aromatic heterocycles. The van der Waals surface area contributed by atoms with Crippen LogP contribution in [0.15, 0.2) is 18.2 Å². The molecule has 1 heterocycles. The molecule has 0 saturated heterocycles. The van der Waals surface area contributed by atoms with Gasteiger partial charge in [-0.15, -0.1) is 0 Å². The molecule has 0 spiro atoms. The van der Waals surface area contributed by atoms with E-state index in [0.717, 1.165) is 30.6 Å². The summed E-state index contributed by atoms with van der Waals surface area (Å²) >= 11 is 0. The highest BCUT2D eigenvalue weighted by Gasteiger charge is 2.38. The van der Waals surface area contributed by atoms with Crippen LogP contribution in [0.5, 0.6) is 0 Å². The maximum Gasteiger partial charge on any atom is 0.106 e. The van der Waals surface area contributed by atoms with Crippen LogP contribution < -0.4 is 5.73 Å². The summed E-state index contributed by atoms with van der Waals surface area (Å²) in [5, 5.41) is 0. The van der Waals surface area contributed by atoms with Crippen LogP contribution in [-0.4, -0.2) is 15.1 Å². The van der Waals surface area contributed by atoms with Crippen molar-refractivity contribution in [2.24, 2.45) is 12.8 Å². The molecule has 84 valence electrons. The monoisotopic (exact) mass is 215 g/mol. The first-order valence-corrected chi connectivity index (χ1v) is 5.79. The van der Waals surface area contributed by atoms with E-state index in [0.29, 0.717) is 0 Å². The van der Waals surface area contributed by atoms with E-state index in [1.54, 1.807) is 0 Å². The summed E-state index contributed by atoms with van der Waals surface area (Å²) in [7, 11) is 2.06. The lowest BCUT2D eigenvalue weighted by Crippen LogP contribution is -2.24. The fourth-order valence-corrected chi connectivity index (χ4v) is 2.25. The standard InChI is InChI=1S/C13H17N3/c1-9-15-12-10(8-13(14)6-7-13)4-3-5-11(12)16(9)2/h3-5H,6-8,14H2,1-2H3. The molecule has 0 aliphatic heterocycles. The van der Waals surface area contributed by atoms with Gasteiger partial charge in [-0.1, -0.05) is 12.1 Å². The lowest BCUT2D eigenvalue weighted by molar-refractivity contribution is 0.674. The summed E-state index contributed by atoms with van der Waals surface area (Å²) in [4.78, 5) is 4.63. The van der Waals surface area contributed by atoms with Crippen LogP contribution in [0, 0.1) is 6.92 Å². The maximum atomic E-state index is 6.18. The van der Waals surface area contributed by atoms with Gasteiger partial charge >= 0.3 is 0 Å². The van der Waals surface area contributed by atoms with Crippen LogP contribution in [0.2, 0.25) is 0 Å². The third-order valence-corrected chi connectivity index (χ3v) is 3.65. The lowest BCUT2D eigenvalue weighted by Gasteiger charge is -2.08. The number of nitrogens with zero attached hydrogens (tertiary/aromatic N) is 2. The first-order chi connectivity index (χ1) is 7.59. The van der Waals surface area contributed by atoms with E-state index in [9.17, 15) is 0 Å². The first kappa shape index (κ1) is 9.85. The average molecular weight is 215 g/mol. The smallest absolute Gasteiger partial charge is 0.106 e. The van der Waals surface area contributed by atoms with Gasteiger partial charge in [-0.25, -0.2) is 4.98 Å². The maximum absolute atomic E-state index is 6.18. The molecule has 1 fully saturated rings. The molecule has 1 aromatic carbocycles. The highest BCUT2D eigenvalue weighted by molar-refractivity contribution is 5.79. The molecular formula is C13H17N3. The molecule has 0 bridgehead atoms. The van der Waals surface area contributed by atoms with Crippen LogP contribution >= 0.6 is 0 Å². The Hall–Kier alpha value is -1.35. The molecule has 1 saturated carbocycles. The molecule has 2 N–H and O–H groups in total. The second kappa shape index (κ2) is 3.08. The Morgan fingerprint density at radius 3 is 2.88 bits per heavy atom. The minimum atomic E-state index is 0.0553. The van der Waals surface area contributed by atoms with Gasteiger partial charge in [0.15, 0.2) is 0 Å². The van der Waals surface area contributed by atoms with E-state index < -0.39 is 0 Å². The zero-order valence-corrected chi connectivity index (χ0v) is 9.83. The predicted molar refractivity (Wildman–Crippen MR) is 65.3 cm³/mol. The van der Waals surface area contributed by atoms with Crippen molar-refractivity contribution in [3.63, 3.8) is 0 Å². The molecule has 3 heteroatoms. The number of benzene rings is 1. The van der Waals surface area contributed by atoms with Crippen LogP contribution in [-0.2, 0) is 13.5 Å². The van der Waals surface area contributed by atoms with E-state index >= 15 is 0 Å². The number of para-hydroxylation sites is 1. The van der Waals surface area contributed by atoms with Crippen LogP contribution in [0.1, 0.15) is 24.2 Å². The van der Waals surface area contributed by atoms with Crippen molar-refractivity contribution < 1.29 is 0 Å². The molecule has 16 heavy (non-hydrogen) atoms. The number of hydrogen-bond acceptors (Lipinski definition) is 2. The number of imidazole rings is 1. The summed E-state index contributed by atoms with van der Waals surface area (Å²) in [6.45, 7) is 2.04. The van der Waals surface area contributed by atoms with E-state index in [2.05, 4.69) is 34.8 Å². The molecular weight excluding hydrogens is 198 g/mol. The summed E-state index contributed by atoms with van der Waals surface area (Å²) in [5.41, 5.74) is 9.86. The molecule has 0 unspecified atom stereocenters. The molecule has 0 amide bonds. The van der Waals surface area contributed by atoms with Gasteiger partial charge in [0.25, 0.3) is 0 Å². The van der Waals surface area contributed by atoms with E-state index in [4.69, 9.17) is 5.73 Å². The zero-order chi connectivity index (χ0) is 11.3. The van der Waals surface area contributed by atoms with E-state index in [-0.39, 0.29) is 5.54 Å². The van der Waals surface area contributed by atoms with Crippen LogP contribution in [0.25, 0.3) is 11.0 Å². The van der Waals surface area contributed by atoms with Gasteiger partial charge in [-0.05, 0) is 37.8 Å². The van der Waals surface area contributed by atoms with Crippen molar-refractivity contribution in [3.05, 3.63) is 29.6 Å². The van der Waals surface area contributed by atoms with Crippen LogP contribution in [0.3, 0.4) is 0 Å². The third-order valence-electron chi connectivity index (χ3n) is 3.65. The fourth-order valence-electron chi connectivity index (χ4n) is 2.25. The van der Waals surface area contributed by atoms with Gasteiger partial charge in [0.05, 0.1) is 11.0 Å². The Kier molecular flexibility index (Phi) is 1.89. The van der Waals surface area contributed by atoms with Gasteiger partial charge in [0.1, 0.15) is 5.82 Å². The van der Waals surface area contributed by atoms with Crippen molar-refractivity contribution in [2.45, 2.75) is 31.7 Å². The van der Waals surface area contributed by atoms with Crippen molar-refractivity contribution in [2.75, 3.05) is 0 Å². The molecule has 3 nitrogen and oxygen atoms in total. The molecule has 0 radical (unpaired) electrons. The summed E-state index contributed by atoms with van der Waals surface area (Å²) in [5.74, 6) is 1.06. The topological polar surface area (TPSA) is 43.8 Å². The van der Waals surface area contributed by atoms with Gasteiger partial charge in [0, 0.05) is 12.6 Å². The molecule has 1 aliphatic carbocycles. The van der Waals surface area contributed by atoms with Crippen molar-refractivity contribution in [3.8, 4) is 0 Å². The SMILES string of the molecule is Cc1nc2c(CC3(N)CC3)cccc2n1C. The summed E-state index contributed by atoms with van der Waals surface area (Å²) in [6.07, 6.45) is 3.26. The van der Waals surface area contributed by atoms with Crippen molar-refractivity contribution >= 4 is 11.0 Å². The molecule has 3 rings (SSSR count). The van der Waals surface area contributed by atoms with Crippen molar-refractivity contribution in [1.29, 1.82) is 0 Å². The number of hydrogen-bond donors (Lipinski definition) is 1. The second-order valence-electron chi connectivity index (χ2n) is 5.04. The predicted octanol–water partition coefficient (Wildman–Crippen LogP) is 1.92. The van der Waals surface area contributed by atoms with Gasteiger partial charge in [-0.2, -0.15) is 0 Å². The fraction of sp³-hybridized carbons (Fsp3) is 0.462. The highest BCUT2D eigenvalue weighted by atomic mass is 15.0. The average Bonchev–Trinajstić information content (AvgIpc) is 2.90. The summed E-state index contributed by atoms with van der Waals surface area (Å²) < 4.78 is 2.13. The Bertz CT molecular complexity index is 550. The third kappa shape index (κ3) is 1.43. The van der Waals surface area contributed by atoms with E-state index in [1.807, 2.05) is 6.92 Å². The number of fused-ring (bicyclic) bond motifs is 1. The Labute approximate surface area is 95.3 Å². The minimum absolute atomic E-state index is 0.0553.